The highest BCUT2D eigenvalue weighted by Crippen LogP contribution is 2.20. The predicted molar refractivity (Wildman–Crippen MR) is 71.5 cm³/mol. The summed E-state index contributed by atoms with van der Waals surface area (Å²) in [6.45, 7) is 1.98. The van der Waals surface area contributed by atoms with Crippen LogP contribution in [0.3, 0.4) is 0 Å². The van der Waals surface area contributed by atoms with Crippen LogP contribution in [-0.4, -0.2) is 4.98 Å². The van der Waals surface area contributed by atoms with Gasteiger partial charge in [0.05, 0.1) is 10.9 Å². The van der Waals surface area contributed by atoms with Crippen LogP contribution in [0.5, 0.6) is 11.8 Å². The van der Waals surface area contributed by atoms with Gasteiger partial charge in [0.15, 0.2) is 0 Å². The Bertz CT molecular complexity index is 775. The Labute approximate surface area is 109 Å². The molecule has 0 saturated carbocycles. The quantitative estimate of drug-likeness (QED) is 0.703. The van der Waals surface area contributed by atoms with Gasteiger partial charge in [-0.2, -0.15) is 4.98 Å². The van der Waals surface area contributed by atoms with Crippen LogP contribution in [0.25, 0.3) is 10.9 Å². The summed E-state index contributed by atoms with van der Waals surface area (Å²) in [5, 5.41) is 0.443. The smallest absolute Gasteiger partial charge is 0.402 e. The predicted octanol–water partition coefficient (Wildman–Crippen LogP) is 3.29. The molecule has 3 rings (SSSR count). The summed E-state index contributed by atoms with van der Waals surface area (Å²) in [6, 6.07) is 14.4. The van der Waals surface area contributed by atoms with E-state index in [0.717, 1.165) is 5.56 Å². The third-order valence-corrected chi connectivity index (χ3v) is 2.74. The number of ether oxygens (including phenoxy) is 1. The number of hydrogen-bond donors (Lipinski definition) is 0. The Kier molecular flexibility index (Phi) is 2.76. The molecule has 94 valence electrons. The summed E-state index contributed by atoms with van der Waals surface area (Å²) >= 11 is 0. The molecule has 0 saturated heterocycles. The van der Waals surface area contributed by atoms with E-state index in [9.17, 15) is 4.79 Å². The minimum atomic E-state index is -0.451. The lowest BCUT2D eigenvalue weighted by Gasteiger charge is -2.03. The standard InChI is InChI=1S/C15H11NO3/c1-10-6-8-11(9-7-10)18-15-16-13-5-3-2-4-12(13)14(17)19-15/h2-9H,1H3. The SMILES string of the molecule is Cc1ccc(Oc2nc3ccccc3c(=O)o2)cc1. The van der Waals surface area contributed by atoms with Crippen molar-refractivity contribution in [2.24, 2.45) is 0 Å². The summed E-state index contributed by atoms with van der Waals surface area (Å²) in [5.74, 6) is 0.580. The maximum absolute atomic E-state index is 11.8. The van der Waals surface area contributed by atoms with Gasteiger partial charge in [-0.25, -0.2) is 4.79 Å². The molecule has 0 atom stereocenters. The fraction of sp³-hybridized carbons (Fsp3) is 0.0667. The number of fused-ring (bicyclic) bond motifs is 1. The van der Waals surface area contributed by atoms with E-state index < -0.39 is 5.63 Å². The molecular formula is C15H11NO3. The first-order valence-electron chi connectivity index (χ1n) is 5.87. The van der Waals surface area contributed by atoms with E-state index in [1.165, 1.54) is 0 Å². The molecule has 0 aliphatic rings. The van der Waals surface area contributed by atoms with E-state index in [4.69, 9.17) is 9.15 Å². The Morgan fingerprint density at radius 2 is 1.79 bits per heavy atom. The van der Waals surface area contributed by atoms with E-state index >= 15 is 0 Å². The number of hydrogen-bond acceptors (Lipinski definition) is 4. The molecule has 0 bridgehead atoms. The first-order chi connectivity index (χ1) is 9.22. The molecule has 2 aromatic carbocycles. The van der Waals surface area contributed by atoms with Crippen molar-refractivity contribution in [1.29, 1.82) is 0 Å². The molecule has 0 amide bonds. The van der Waals surface area contributed by atoms with Crippen LogP contribution in [0.4, 0.5) is 0 Å². The van der Waals surface area contributed by atoms with Crippen molar-refractivity contribution in [3.63, 3.8) is 0 Å². The summed E-state index contributed by atoms with van der Waals surface area (Å²) in [6.07, 6.45) is -0.0486. The normalized spacial score (nSPS) is 10.6. The van der Waals surface area contributed by atoms with E-state index in [2.05, 4.69) is 4.98 Å². The minimum absolute atomic E-state index is 0.0486. The second-order valence-corrected chi connectivity index (χ2v) is 4.20. The number of aryl methyl sites for hydroxylation is 1. The van der Waals surface area contributed by atoms with Gasteiger partial charge >= 0.3 is 11.7 Å². The molecule has 0 aliphatic carbocycles. The Morgan fingerprint density at radius 3 is 2.58 bits per heavy atom. The average Bonchev–Trinajstić information content (AvgIpc) is 2.42. The zero-order valence-corrected chi connectivity index (χ0v) is 10.3. The topological polar surface area (TPSA) is 52.3 Å². The van der Waals surface area contributed by atoms with Gasteiger partial charge in [-0.1, -0.05) is 29.8 Å². The second-order valence-electron chi connectivity index (χ2n) is 4.20. The zero-order chi connectivity index (χ0) is 13.2. The van der Waals surface area contributed by atoms with Gasteiger partial charge in [-0.05, 0) is 31.2 Å². The van der Waals surface area contributed by atoms with Gasteiger partial charge in [0.25, 0.3) is 0 Å². The van der Waals surface area contributed by atoms with Crippen molar-refractivity contribution < 1.29 is 9.15 Å². The summed E-state index contributed by atoms with van der Waals surface area (Å²) in [7, 11) is 0. The van der Waals surface area contributed by atoms with Crippen LogP contribution in [-0.2, 0) is 0 Å². The van der Waals surface area contributed by atoms with Gasteiger partial charge in [-0.15, -0.1) is 0 Å². The second kappa shape index (κ2) is 4.57. The number of rotatable bonds is 2. The largest absolute Gasteiger partial charge is 0.411 e. The van der Waals surface area contributed by atoms with Gasteiger partial charge in [0, 0.05) is 0 Å². The van der Waals surface area contributed by atoms with Crippen molar-refractivity contribution in [3.8, 4) is 11.8 Å². The van der Waals surface area contributed by atoms with E-state index in [1.807, 2.05) is 25.1 Å². The number of nitrogens with zero attached hydrogens (tertiary/aromatic N) is 1. The Hall–Kier alpha value is -2.62. The van der Waals surface area contributed by atoms with E-state index in [0.29, 0.717) is 16.7 Å². The van der Waals surface area contributed by atoms with E-state index in [1.54, 1.807) is 30.3 Å². The lowest BCUT2D eigenvalue weighted by atomic mass is 10.2. The summed E-state index contributed by atoms with van der Waals surface area (Å²) in [5.41, 5.74) is 1.23. The maximum atomic E-state index is 11.8. The molecule has 0 aliphatic heterocycles. The molecule has 4 nitrogen and oxygen atoms in total. The Morgan fingerprint density at radius 1 is 1.05 bits per heavy atom. The lowest BCUT2D eigenvalue weighted by Crippen LogP contribution is -2.02. The van der Waals surface area contributed by atoms with Crippen molar-refractivity contribution in [2.75, 3.05) is 0 Å². The third kappa shape index (κ3) is 2.33. The number of aromatic nitrogens is 1. The van der Waals surface area contributed by atoms with Gasteiger partial charge in [-0.3, -0.25) is 0 Å². The fourth-order valence-electron chi connectivity index (χ4n) is 1.75. The van der Waals surface area contributed by atoms with Gasteiger partial charge in [0.1, 0.15) is 5.75 Å². The van der Waals surface area contributed by atoms with Crippen LogP contribution in [0.2, 0.25) is 0 Å². The maximum Gasteiger partial charge on any atom is 0.402 e. The highest BCUT2D eigenvalue weighted by molar-refractivity contribution is 5.76. The van der Waals surface area contributed by atoms with Gasteiger partial charge in [0.2, 0.25) is 0 Å². The van der Waals surface area contributed by atoms with Crippen LogP contribution < -0.4 is 10.4 Å². The molecule has 1 aromatic heterocycles. The van der Waals surface area contributed by atoms with Crippen molar-refractivity contribution in [1.82, 2.24) is 4.98 Å². The monoisotopic (exact) mass is 253 g/mol. The molecule has 1 heterocycles. The third-order valence-electron chi connectivity index (χ3n) is 2.74. The first kappa shape index (κ1) is 11.5. The first-order valence-corrected chi connectivity index (χ1v) is 5.87. The molecule has 0 unspecified atom stereocenters. The van der Waals surface area contributed by atoms with Crippen LogP contribution in [0.1, 0.15) is 5.56 Å². The lowest BCUT2D eigenvalue weighted by molar-refractivity contribution is 0.307. The van der Waals surface area contributed by atoms with Crippen LogP contribution in [0.15, 0.2) is 57.7 Å². The molecule has 19 heavy (non-hydrogen) atoms. The molecule has 3 aromatic rings. The number of benzene rings is 2. The van der Waals surface area contributed by atoms with Crippen molar-refractivity contribution in [3.05, 3.63) is 64.5 Å². The summed E-state index contributed by atoms with van der Waals surface area (Å²) in [4.78, 5) is 15.9. The molecular weight excluding hydrogens is 242 g/mol. The zero-order valence-electron chi connectivity index (χ0n) is 10.3. The molecule has 0 radical (unpaired) electrons. The minimum Gasteiger partial charge on any atom is -0.411 e. The van der Waals surface area contributed by atoms with Crippen molar-refractivity contribution in [2.45, 2.75) is 6.92 Å². The van der Waals surface area contributed by atoms with E-state index in [-0.39, 0.29) is 6.08 Å². The highest BCUT2D eigenvalue weighted by atomic mass is 16.6. The van der Waals surface area contributed by atoms with Crippen LogP contribution in [0, 0.1) is 6.92 Å². The molecule has 0 fully saturated rings. The Balaban J connectivity index is 2.01. The number of para-hydroxylation sites is 1. The highest BCUT2D eigenvalue weighted by Gasteiger charge is 2.07. The van der Waals surface area contributed by atoms with Crippen LogP contribution >= 0.6 is 0 Å². The molecule has 0 N–H and O–H groups in total. The molecule has 0 spiro atoms. The average molecular weight is 253 g/mol. The van der Waals surface area contributed by atoms with Gasteiger partial charge < -0.3 is 9.15 Å². The fourth-order valence-corrected chi connectivity index (χ4v) is 1.75. The van der Waals surface area contributed by atoms with Crippen molar-refractivity contribution >= 4 is 10.9 Å². The molecule has 4 heteroatoms. The summed E-state index contributed by atoms with van der Waals surface area (Å²) < 4.78 is 10.5.